The number of carbonyl (C=O) groups is 1. The molecule has 172 valence electrons. The summed E-state index contributed by atoms with van der Waals surface area (Å²) in [5.74, 6) is 0.947. The predicted octanol–water partition coefficient (Wildman–Crippen LogP) is 5.07. The van der Waals surface area contributed by atoms with Crippen LogP contribution < -0.4 is 14.4 Å². The first-order valence-electron chi connectivity index (χ1n) is 11.0. The van der Waals surface area contributed by atoms with Gasteiger partial charge >= 0.3 is 206 Å². The molecule has 0 saturated heterocycles. The summed E-state index contributed by atoms with van der Waals surface area (Å²) < 4.78 is 20.2. The average Bonchev–Trinajstić information content (AvgIpc) is 2.83. The number of anilines is 1. The van der Waals surface area contributed by atoms with Crippen LogP contribution in [0.25, 0.3) is 0 Å². The number of carbonyl (C=O) groups excluding carboxylic acids is 1. The Bertz CT molecular complexity index is 1260. The number of ether oxygens (including phenoxy) is 1. The second kappa shape index (κ2) is 11.1. The summed E-state index contributed by atoms with van der Waals surface area (Å²) in [7, 11) is 0. The number of hydrogen-bond acceptors (Lipinski definition) is 3. The van der Waals surface area contributed by atoms with E-state index in [-0.39, 0.29) is 33.9 Å². The second-order valence-electron chi connectivity index (χ2n) is 8.15. The van der Waals surface area contributed by atoms with Gasteiger partial charge in [-0.15, -0.1) is 0 Å². The van der Waals surface area contributed by atoms with Crippen LogP contribution in [0.15, 0.2) is 85.1 Å². The third-order valence-corrected chi connectivity index (χ3v) is 8.05. The molecule has 0 aliphatic carbocycles. The van der Waals surface area contributed by atoms with Gasteiger partial charge in [-0.25, -0.2) is 0 Å². The van der Waals surface area contributed by atoms with Gasteiger partial charge < -0.3 is 0 Å². The summed E-state index contributed by atoms with van der Waals surface area (Å²) >= 11 is -0.389. The molecule has 1 heterocycles. The van der Waals surface area contributed by atoms with Crippen molar-refractivity contribution in [3.63, 3.8) is 0 Å². The van der Waals surface area contributed by atoms with Crippen LogP contribution in [0.2, 0.25) is 0 Å². The van der Waals surface area contributed by atoms with E-state index in [2.05, 4.69) is 28.5 Å². The minimum atomic E-state index is -0.389. The molecule has 0 bridgehead atoms. The quantitative estimate of drug-likeness (QED) is 0.333. The van der Waals surface area contributed by atoms with Gasteiger partial charge in [0.15, 0.2) is 0 Å². The number of rotatable bonds is 8. The molecule has 4 aromatic rings. The predicted molar refractivity (Wildman–Crippen MR) is 136 cm³/mol. The van der Waals surface area contributed by atoms with Gasteiger partial charge in [0, 0.05) is 0 Å². The van der Waals surface area contributed by atoms with E-state index in [1.807, 2.05) is 56.4 Å². The van der Waals surface area contributed by atoms with E-state index in [0.29, 0.717) is 5.88 Å². The topological polar surface area (TPSA) is 51.2 Å². The van der Waals surface area contributed by atoms with Crippen molar-refractivity contribution in [1.29, 1.82) is 0 Å². The fraction of sp³-hybridized carbons (Fsp3) is 0.143. The first kappa shape index (κ1) is 23.7. The van der Waals surface area contributed by atoms with Gasteiger partial charge in [0.2, 0.25) is 0 Å². The monoisotopic (exact) mass is 516 g/mol. The molecule has 0 aliphatic heterocycles. The van der Waals surface area contributed by atoms with Crippen LogP contribution in [0.5, 0.6) is 11.6 Å². The van der Waals surface area contributed by atoms with Crippen molar-refractivity contribution in [2.24, 2.45) is 0 Å². The van der Waals surface area contributed by atoms with Gasteiger partial charge in [-0.1, -0.05) is 0 Å². The maximum absolute atomic E-state index is 13.0. The number of aryl methyl sites for hydroxylation is 2. The molecule has 34 heavy (non-hydrogen) atoms. The first-order valence-corrected chi connectivity index (χ1v) is 13.6. The molecule has 1 amide bonds. The number of nitrogens with one attached hydrogen (secondary N) is 1. The van der Waals surface area contributed by atoms with Crippen LogP contribution in [-0.2, 0) is 16.4 Å². The number of halogens is 1. The van der Waals surface area contributed by atoms with Gasteiger partial charge in [0.1, 0.15) is 0 Å². The van der Waals surface area contributed by atoms with E-state index in [0.717, 1.165) is 27.8 Å². The van der Waals surface area contributed by atoms with Gasteiger partial charge in [-0.05, 0) is 0 Å². The van der Waals surface area contributed by atoms with Crippen LogP contribution >= 0.6 is 0 Å². The van der Waals surface area contributed by atoms with Gasteiger partial charge in [-0.2, -0.15) is 0 Å². The van der Waals surface area contributed by atoms with E-state index < -0.39 is 0 Å². The van der Waals surface area contributed by atoms with Crippen molar-refractivity contribution in [2.45, 2.75) is 25.5 Å². The van der Waals surface area contributed by atoms with E-state index in [1.165, 1.54) is 27.6 Å². The number of aromatic nitrogens is 1. The Kier molecular flexibility index (Phi) is 7.76. The van der Waals surface area contributed by atoms with Gasteiger partial charge in [-0.3, -0.25) is 0 Å². The normalized spacial score (nSPS) is 11.0. The Balaban J connectivity index is 1.29. The number of pyridine rings is 1. The van der Waals surface area contributed by atoms with Crippen molar-refractivity contribution >= 4 is 31.7 Å². The zero-order chi connectivity index (χ0) is 23.9. The number of benzene rings is 3. The number of hydrogen-bond donors (Lipinski definition) is 1. The number of amides is 1. The molecule has 1 atom stereocenters. The van der Waals surface area contributed by atoms with Crippen LogP contribution in [0.1, 0.15) is 22.3 Å². The summed E-state index contributed by atoms with van der Waals surface area (Å²) in [5.41, 5.74) is 5.00. The molecule has 0 spiro atoms. The van der Waals surface area contributed by atoms with Crippen molar-refractivity contribution in [3.05, 3.63) is 113 Å². The Hall–Kier alpha value is -3.43. The second-order valence-corrected chi connectivity index (χ2v) is 10.8. The Morgan fingerprint density at radius 1 is 0.941 bits per heavy atom. The fourth-order valence-corrected chi connectivity index (χ4v) is 5.79. The third-order valence-electron chi connectivity index (χ3n) is 5.32. The molecule has 1 N–H and O–H groups in total. The van der Waals surface area contributed by atoms with Crippen LogP contribution in [0, 0.1) is 19.7 Å². The van der Waals surface area contributed by atoms with Crippen molar-refractivity contribution in [1.82, 2.24) is 4.98 Å². The minimum absolute atomic E-state index is 0.113. The zero-order valence-electron chi connectivity index (χ0n) is 19.1. The molecule has 4 nitrogen and oxygen atoms in total. The summed E-state index contributed by atoms with van der Waals surface area (Å²) in [6.07, 6.45) is 2.09. The molecule has 3 aromatic carbocycles. The first-order chi connectivity index (χ1) is 16.4. The summed E-state index contributed by atoms with van der Waals surface area (Å²) in [6, 6.07) is 24.1. The van der Waals surface area contributed by atoms with Crippen LogP contribution in [0.4, 0.5) is 10.1 Å². The van der Waals surface area contributed by atoms with E-state index in [9.17, 15) is 9.18 Å². The van der Waals surface area contributed by atoms with Gasteiger partial charge in [0.25, 0.3) is 0 Å². The molecule has 0 fully saturated rings. The summed E-state index contributed by atoms with van der Waals surface area (Å²) in [4.78, 5) is 16.8. The standard InChI is InChI=1S/C28H26AsFN2O2/c1-19-3-11-25(12-4-19)34-28-14-7-22(18-31-28)17-29-23-8-13-26(20(2)15-23)32-27(33)16-21-5-9-24(30)10-6-21/h3-15,18,29H,16-17H2,1-2H3,(H,32,33). The van der Waals surface area contributed by atoms with Crippen LogP contribution in [0.3, 0.4) is 0 Å². The van der Waals surface area contributed by atoms with E-state index in [1.54, 1.807) is 12.1 Å². The molecule has 0 aliphatic rings. The molecular formula is C28H26AsFN2O2. The fourth-order valence-electron chi connectivity index (χ4n) is 3.40. The summed E-state index contributed by atoms with van der Waals surface area (Å²) in [6.45, 7) is 4.05. The number of nitrogens with zero attached hydrogens (tertiary/aromatic N) is 1. The molecule has 1 unspecified atom stereocenters. The molecule has 4 rings (SSSR count). The van der Waals surface area contributed by atoms with Crippen LogP contribution in [-0.4, -0.2) is 26.6 Å². The average molecular weight is 516 g/mol. The Labute approximate surface area is 205 Å². The van der Waals surface area contributed by atoms with E-state index in [4.69, 9.17) is 4.74 Å². The van der Waals surface area contributed by atoms with Crippen molar-refractivity contribution in [3.8, 4) is 11.6 Å². The maximum atomic E-state index is 13.0. The van der Waals surface area contributed by atoms with E-state index >= 15 is 0 Å². The molecule has 0 radical (unpaired) electrons. The SMILES string of the molecule is Cc1ccc(Oc2ccc(C[AsH]c3ccc(NC(=O)Cc4ccc(F)cc4)c(C)c3)cn2)cc1. The molecule has 1 aromatic heterocycles. The zero-order valence-corrected chi connectivity index (χ0v) is 21.2. The summed E-state index contributed by atoms with van der Waals surface area (Å²) in [5, 5.41) is 3.94. The van der Waals surface area contributed by atoms with Crippen molar-refractivity contribution in [2.75, 3.05) is 5.32 Å². The Morgan fingerprint density at radius 3 is 2.35 bits per heavy atom. The van der Waals surface area contributed by atoms with Gasteiger partial charge in [0.05, 0.1) is 0 Å². The molecular weight excluding hydrogens is 490 g/mol. The molecule has 0 saturated carbocycles. The third kappa shape index (κ3) is 6.79. The molecule has 6 heteroatoms. The van der Waals surface area contributed by atoms with Crippen molar-refractivity contribution < 1.29 is 13.9 Å². The Morgan fingerprint density at radius 2 is 1.68 bits per heavy atom.